The molecular formula is C15H15N5O. The van der Waals surface area contributed by atoms with Crippen LogP contribution in [0.4, 0.5) is 0 Å². The maximum Gasteiger partial charge on any atom is 0.276 e. The average Bonchev–Trinajstić information content (AvgIpc) is 3.15. The summed E-state index contributed by atoms with van der Waals surface area (Å²) in [6, 6.07) is 3.84. The van der Waals surface area contributed by atoms with Crippen molar-refractivity contribution in [3.05, 3.63) is 35.8 Å². The number of fused-ring (bicyclic) bond motifs is 1. The maximum atomic E-state index is 11.9. The second-order valence-electron chi connectivity index (χ2n) is 5.41. The van der Waals surface area contributed by atoms with E-state index in [1.54, 1.807) is 12.3 Å². The summed E-state index contributed by atoms with van der Waals surface area (Å²) in [6.45, 7) is 0.878. The van der Waals surface area contributed by atoms with E-state index >= 15 is 0 Å². The van der Waals surface area contributed by atoms with Crippen LogP contribution in [0.2, 0.25) is 0 Å². The Kier molecular flexibility index (Phi) is 2.73. The molecule has 1 aliphatic heterocycles. The maximum absolute atomic E-state index is 11.9. The predicted octanol–water partition coefficient (Wildman–Crippen LogP) is 1.39. The molecule has 1 fully saturated rings. The van der Waals surface area contributed by atoms with Gasteiger partial charge in [-0.2, -0.15) is 0 Å². The molecule has 4 rings (SSSR count). The predicted molar refractivity (Wildman–Crippen MR) is 80.4 cm³/mol. The highest BCUT2D eigenvalue weighted by atomic mass is 16.2. The molecule has 0 saturated heterocycles. The molecule has 0 bridgehead atoms. The number of H-pyrrole nitrogens is 1. The van der Waals surface area contributed by atoms with E-state index in [9.17, 15) is 4.79 Å². The van der Waals surface area contributed by atoms with Gasteiger partial charge in [0.15, 0.2) is 0 Å². The lowest BCUT2D eigenvalue weighted by molar-refractivity contribution is -0.115. The summed E-state index contributed by atoms with van der Waals surface area (Å²) in [4.78, 5) is 23.6. The molecule has 1 saturated carbocycles. The number of rotatable bonds is 3. The molecule has 0 atom stereocenters. The molecule has 1 amide bonds. The average molecular weight is 281 g/mol. The Hall–Kier alpha value is -2.63. The molecule has 21 heavy (non-hydrogen) atoms. The van der Waals surface area contributed by atoms with E-state index in [1.165, 1.54) is 12.8 Å². The van der Waals surface area contributed by atoms with Gasteiger partial charge in [-0.25, -0.2) is 9.98 Å². The smallest absolute Gasteiger partial charge is 0.276 e. The summed E-state index contributed by atoms with van der Waals surface area (Å²) in [5.74, 6) is 1.11. The molecule has 3 heterocycles. The third-order valence-electron chi connectivity index (χ3n) is 3.73. The van der Waals surface area contributed by atoms with Crippen molar-refractivity contribution in [2.24, 2.45) is 10.9 Å². The van der Waals surface area contributed by atoms with E-state index in [1.807, 2.05) is 18.3 Å². The summed E-state index contributed by atoms with van der Waals surface area (Å²) >= 11 is 0. The van der Waals surface area contributed by atoms with Crippen LogP contribution in [0, 0.1) is 5.92 Å². The summed E-state index contributed by atoms with van der Waals surface area (Å²) in [6.07, 6.45) is 7.87. The molecular weight excluding hydrogens is 266 g/mol. The highest BCUT2D eigenvalue weighted by molar-refractivity contribution is 6.14. The Bertz CT molecular complexity index is 769. The minimum absolute atomic E-state index is 0.175. The van der Waals surface area contributed by atoms with Crippen LogP contribution in [0.5, 0.6) is 0 Å². The number of guanidine groups is 1. The number of nitrogens with zero attached hydrogens (tertiary/aromatic N) is 2. The minimum atomic E-state index is -0.175. The van der Waals surface area contributed by atoms with E-state index in [0.717, 1.165) is 29.1 Å². The van der Waals surface area contributed by atoms with Crippen LogP contribution in [0.25, 0.3) is 17.1 Å². The number of aromatic nitrogens is 2. The van der Waals surface area contributed by atoms with Crippen LogP contribution >= 0.6 is 0 Å². The van der Waals surface area contributed by atoms with Gasteiger partial charge in [-0.15, -0.1) is 0 Å². The molecule has 0 radical (unpaired) electrons. The number of carbonyl (C=O) groups is 1. The van der Waals surface area contributed by atoms with Gasteiger partial charge in [-0.3, -0.25) is 10.1 Å². The second kappa shape index (κ2) is 4.73. The van der Waals surface area contributed by atoms with Crippen LogP contribution in [-0.2, 0) is 4.79 Å². The van der Waals surface area contributed by atoms with E-state index < -0.39 is 0 Å². The lowest BCUT2D eigenvalue weighted by Gasteiger charge is -2.02. The largest absolute Gasteiger partial charge is 0.355 e. The topological polar surface area (TPSA) is 82.2 Å². The van der Waals surface area contributed by atoms with E-state index in [4.69, 9.17) is 0 Å². The standard InChI is InChI=1S/C15H15N5O/c21-14-12(19-15(20-14)18-7-9-3-4-9)6-10-8-17-13-11(10)2-1-5-16-13/h1-2,5-6,8-9H,3-4,7H2,(H,16,17)(H2,18,19,20,21)/b12-6-. The molecule has 106 valence electrons. The molecule has 0 aromatic carbocycles. The summed E-state index contributed by atoms with van der Waals surface area (Å²) in [5.41, 5.74) is 2.13. The van der Waals surface area contributed by atoms with Gasteiger partial charge in [-0.1, -0.05) is 0 Å². The highest BCUT2D eigenvalue weighted by Crippen LogP contribution is 2.27. The van der Waals surface area contributed by atoms with Crippen molar-refractivity contribution >= 4 is 29.0 Å². The quantitative estimate of drug-likeness (QED) is 0.744. The van der Waals surface area contributed by atoms with Gasteiger partial charge < -0.3 is 10.3 Å². The van der Waals surface area contributed by atoms with Crippen LogP contribution in [0.15, 0.2) is 35.2 Å². The third kappa shape index (κ3) is 2.40. The lowest BCUT2D eigenvalue weighted by Crippen LogP contribution is -2.37. The van der Waals surface area contributed by atoms with Crippen molar-refractivity contribution in [3.63, 3.8) is 0 Å². The van der Waals surface area contributed by atoms with Crippen molar-refractivity contribution in [3.8, 4) is 0 Å². The zero-order valence-electron chi connectivity index (χ0n) is 11.4. The first kappa shape index (κ1) is 12.1. The Labute approximate surface area is 121 Å². The van der Waals surface area contributed by atoms with Gasteiger partial charge in [-0.05, 0) is 37.0 Å². The SMILES string of the molecule is O=C1NC(NCC2CC2)=N/C1=C\c1c[nH]c2ncccc12. The van der Waals surface area contributed by atoms with E-state index in [2.05, 4.69) is 25.6 Å². The van der Waals surface area contributed by atoms with Crippen LogP contribution in [0.1, 0.15) is 18.4 Å². The van der Waals surface area contributed by atoms with Crippen molar-refractivity contribution < 1.29 is 4.79 Å². The first-order valence-electron chi connectivity index (χ1n) is 7.07. The normalized spacial score (nSPS) is 19.9. The Morgan fingerprint density at radius 2 is 2.33 bits per heavy atom. The number of aromatic amines is 1. The summed E-state index contributed by atoms with van der Waals surface area (Å²) in [7, 11) is 0. The molecule has 1 aliphatic carbocycles. The number of pyridine rings is 1. The molecule has 6 nitrogen and oxygen atoms in total. The molecule has 2 aromatic heterocycles. The van der Waals surface area contributed by atoms with Gasteiger partial charge in [0, 0.05) is 29.9 Å². The number of aliphatic imine (C=N–C) groups is 1. The van der Waals surface area contributed by atoms with Gasteiger partial charge in [0.05, 0.1) is 0 Å². The fraction of sp³-hybridized carbons (Fsp3) is 0.267. The number of amides is 1. The monoisotopic (exact) mass is 281 g/mol. The van der Waals surface area contributed by atoms with E-state index in [-0.39, 0.29) is 5.91 Å². The number of carbonyl (C=O) groups excluding carboxylic acids is 1. The fourth-order valence-electron chi connectivity index (χ4n) is 2.36. The van der Waals surface area contributed by atoms with Gasteiger partial charge >= 0.3 is 0 Å². The van der Waals surface area contributed by atoms with Crippen LogP contribution < -0.4 is 10.6 Å². The zero-order chi connectivity index (χ0) is 14.2. The molecule has 0 unspecified atom stereocenters. The van der Waals surface area contributed by atoms with Crippen molar-refractivity contribution in [1.82, 2.24) is 20.6 Å². The summed E-state index contributed by atoms with van der Waals surface area (Å²) < 4.78 is 0. The zero-order valence-corrected chi connectivity index (χ0v) is 11.4. The van der Waals surface area contributed by atoms with Crippen LogP contribution in [0.3, 0.4) is 0 Å². The van der Waals surface area contributed by atoms with Gasteiger partial charge in [0.1, 0.15) is 11.3 Å². The number of hydrogen-bond acceptors (Lipinski definition) is 4. The first-order valence-corrected chi connectivity index (χ1v) is 7.07. The van der Waals surface area contributed by atoms with Crippen molar-refractivity contribution in [1.29, 1.82) is 0 Å². The molecule has 0 spiro atoms. The van der Waals surface area contributed by atoms with E-state index in [0.29, 0.717) is 11.7 Å². The van der Waals surface area contributed by atoms with Gasteiger partial charge in [0.25, 0.3) is 5.91 Å². The second-order valence-corrected chi connectivity index (χ2v) is 5.41. The van der Waals surface area contributed by atoms with Crippen LogP contribution in [-0.4, -0.2) is 28.4 Å². The van der Waals surface area contributed by atoms with Crippen molar-refractivity contribution in [2.75, 3.05) is 6.54 Å². The van der Waals surface area contributed by atoms with Gasteiger partial charge in [0.2, 0.25) is 5.96 Å². The lowest BCUT2D eigenvalue weighted by atomic mass is 10.2. The number of nitrogens with one attached hydrogen (secondary N) is 3. The Balaban J connectivity index is 1.60. The fourth-order valence-corrected chi connectivity index (χ4v) is 2.36. The van der Waals surface area contributed by atoms with Crippen molar-refractivity contribution in [2.45, 2.75) is 12.8 Å². The summed E-state index contributed by atoms with van der Waals surface area (Å²) in [5, 5.41) is 6.91. The molecule has 2 aromatic rings. The Morgan fingerprint density at radius 3 is 3.19 bits per heavy atom. The Morgan fingerprint density at radius 1 is 1.43 bits per heavy atom. The third-order valence-corrected chi connectivity index (χ3v) is 3.73. The molecule has 3 N–H and O–H groups in total. The highest BCUT2D eigenvalue weighted by Gasteiger charge is 2.24. The first-order chi connectivity index (χ1) is 10.3. The minimum Gasteiger partial charge on any atom is -0.355 e. The number of hydrogen-bond donors (Lipinski definition) is 3. The molecule has 2 aliphatic rings. The molecule has 6 heteroatoms.